The Kier molecular flexibility index (Phi) is 4.41. The van der Waals surface area contributed by atoms with Crippen LogP contribution in [0.25, 0.3) is 0 Å². The van der Waals surface area contributed by atoms with Crippen LogP contribution in [0.1, 0.15) is 0 Å². The molecule has 0 unspecified atom stereocenters. The van der Waals surface area contributed by atoms with E-state index < -0.39 is 10.0 Å². The number of hydrogen-bond donors (Lipinski definition) is 1. The second-order valence-electron chi connectivity index (χ2n) is 6.41. The lowest BCUT2D eigenvalue weighted by molar-refractivity contribution is 0.111. The largest absolute Gasteiger partial charge is 0.376 e. The predicted octanol–water partition coefficient (Wildman–Crippen LogP) is 0.906. The Morgan fingerprint density at radius 3 is 2.64 bits per heavy atom. The molecule has 3 heterocycles. The van der Waals surface area contributed by atoms with Gasteiger partial charge in [-0.3, -0.25) is 0 Å². The second-order valence-corrected chi connectivity index (χ2v) is 8.18. The van der Waals surface area contributed by atoms with Crippen molar-refractivity contribution in [3.05, 3.63) is 48.8 Å². The van der Waals surface area contributed by atoms with Crippen LogP contribution in [0, 0.1) is 11.8 Å². The van der Waals surface area contributed by atoms with Crippen molar-refractivity contribution >= 4 is 16.0 Å². The molecule has 2 aliphatic rings. The van der Waals surface area contributed by atoms with Crippen molar-refractivity contribution in [3.63, 3.8) is 0 Å². The van der Waals surface area contributed by atoms with E-state index in [0.717, 1.165) is 13.1 Å². The lowest BCUT2D eigenvalue weighted by Gasteiger charge is -2.19. The zero-order chi connectivity index (χ0) is 17.3. The number of sulfonamides is 1. The van der Waals surface area contributed by atoms with E-state index in [-0.39, 0.29) is 22.8 Å². The molecule has 0 amide bonds. The fourth-order valence-electron chi connectivity index (χ4n) is 3.53. The topological polar surface area (TPSA) is 84.4 Å². The molecule has 0 bridgehead atoms. The summed E-state index contributed by atoms with van der Waals surface area (Å²) in [6, 6.07) is 10.2. The molecule has 25 heavy (non-hydrogen) atoms. The monoisotopic (exact) mass is 360 g/mol. The Morgan fingerprint density at radius 1 is 1.12 bits per heavy atom. The van der Waals surface area contributed by atoms with Crippen LogP contribution in [-0.2, 0) is 14.8 Å². The van der Waals surface area contributed by atoms with E-state index in [0.29, 0.717) is 19.1 Å². The van der Waals surface area contributed by atoms with Gasteiger partial charge in [0.15, 0.2) is 0 Å². The molecule has 0 radical (unpaired) electrons. The first-order valence-corrected chi connectivity index (χ1v) is 9.80. The van der Waals surface area contributed by atoms with Gasteiger partial charge in [-0.15, -0.1) is 0 Å². The van der Waals surface area contributed by atoms with Crippen molar-refractivity contribution in [2.75, 3.05) is 31.1 Å². The van der Waals surface area contributed by atoms with Crippen LogP contribution >= 0.6 is 0 Å². The lowest BCUT2D eigenvalue weighted by atomic mass is 9.93. The number of nitrogens with one attached hydrogen (secondary N) is 1. The lowest BCUT2D eigenvalue weighted by Crippen LogP contribution is -2.34. The average Bonchev–Trinajstić information content (AvgIpc) is 3.23. The maximum atomic E-state index is 12.4. The van der Waals surface area contributed by atoms with Crippen molar-refractivity contribution in [1.82, 2.24) is 14.7 Å². The number of nitrogens with zero attached hydrogens (tertiary/aromatic N) is 3. The van der Waals surface area contributed by atoms with E-state index >= 15 is 0 Å². The number of fused-ring (bicyclic) bond motifs is 1. The molecule has 2 fully saturated rings. The summed E-state index contributed by atoms with van der Waals surface area (Å²) in [7, 11) is -3.49. The van der Waals surface area contributed by atoms with E-state index in [1.165, 1.54) is 0 Å². The Hall–Kier alpha value is -2.03. The van der Waals surface area contributed by atoms with E-state index in [1.54, 1.807) is 48.8 Å². The second kappa shape index (κ2) is 6.70. The highest BCUT2D eigenvalue weighted by Crippen LogP contribution is 2.34. The predicted molar refractivity (Wildman–Crippen MR) is 92.6 cm³/mol. The van der Waals surface area contributed by atoms with Gasteiger partial charge in [-0.05, 0) is 18.2 Å². The van der Waals surface area contributed by atoms with Crippen LogP contribution in [0.3, 0.4) is 0 Å². The molecule has 4 rings (SSSR count). The minimum absolute atomic E-state index is 0.107. The van der Waals surface area contributed by atoms with Gasteiger partial charge in [-0.2, -0.15) is 0 Å². The fraction of sp³-hybridized carbons (Fsp3) is 0.412. The summed E-state index contributed by atoms with van der Waals surface area (Å²) < 4.78 is 33.4. The maximum absolute atomic E-state index is 12.4. The Bertz CT molecular complexity index is 816. The standard InChI is InChI=1S/C17H20N4O3S/c22-25(23,14-5-2-1-3-6-14)20-9-13-12-24-16-11-21(10-15(13)16)17-18-7-4-8-19-17/h1-8,13,15-16,20H,9-12H2/t13-,15+,16+/m0/s1. The van der Waals surface area contributed by atoms with Gasteiger partial charge in [0.2, 0.25) is 16.0 Å². The van der Waals surface area contributed by atoms with E-state index in [9.17, 15) is 8.42 Å². The number of hydrogen-bond acceptors (Lipinski definition) is 6. The fourth-order valence-corrected chi connectivity index (χ4v) is 4.64. The molecule has 3 atom stereocenters. The highest BCUT2D eigenvalue weighted by Gasteiger charge is 2.44. The maximum Gasteiger partial charge on any atom is 0.240 e. The first-order valence-electron chi connectivity index (χ1n) is 8.32. The quantitative estimate of drug-likeness (QED) is 0.853. The van der Waals surface area contributed by atoms with Gasteiger partial charge in [0.1, 0.15) is 0 Å². The van der Waals surface area contributed by atoms with Gasteiger partial charge in [0.05, 0.1) is 17.6 Å². The molecule has 1 aromatic heterocycles. The van der Waals surface area contributed by atoms with Crippen LogP contribution in [0.5, 0.6) is 0 Å². The summed E-state index contributed by atoms with van der Waals surface area (Å²) in [4.78, 5) is 11.0. The van der Waals surface area contributed by atoms with E-state index in [2.05, 4.69) is 19.6 Å². The third kappa shape index (κ3) is 3.37. The molecule has 2 aromatic rings. The molecule has 8 heteroatoms. The Morgan fingerprint density at radius 2 is 1.88 bits per heavy atom. The van der Waals surface area contributed by atoms with Crippen LogP contribution in [0.2, 0.25) is 0 Å². The summed E-state index contributed by atoms with van der Waals surface area (Å²) in [6.07, 6.45) is 3.56. The molecule has 7 nitrogen and oxygen atoms in total. The number of anilines is 1. The summed E-state index contributed by atoms with van der Waals surface area (Å²) in [6.45, 7) is 2.49. The summed E-state index contributed by atoms with van der Waals surface area (Å²) in [5, 5.41) is 0. The minimum atomic E-state index is -3.49. The summed E-state index contributed by atoms with van der Waals surface area (Å²) >= 11 is 0. The normalized spacial score (nSPS) is 25.9. The number of ether oxygens (including phenoxy) is 1. The molecule has 2 saturated heterocycles. The SMILES string of the molecule is O=S(=O)(NC[C@H]1CO[C@@H]2CN(c3ncccn3)C[C@H]12)c1ccccc1. The molecule has 0 spiro atoms. The van der Waals surface area contributed by atoms with Crippen LogP contribution in [-0.4, -0.2) is 50.7 Å². The van der Waals surface area contributed by atoms with Crippen molar-refractivity contribution in [1.29, 1.82) is 0 Å². The highest BCUT2D eigenvalue weighted by atomic mass is 32.2. The zero-order valence-corrected chi connectivity index (χ0v) is 14.5. The number of rotatable bonds is 5. The molecule has 1 aromatic carbocycles. The highest BCUT2D eigenvalue weighted by molar-refractivity contribution is 7.89. The average molecular weight is 360 g/mol. The van der Waals surface area contributed by atoms with Gasteiger partial charge < -0.3 is 9.64 Å². The van der Waals surface area contributed by atoms with Gasteiger partial charge in [0.25, 0.3) is 0 Å². The van der Waals surface area contributed by atoms with Crippen LogP contribution in [0.15, 0.2) is 53.7 Å². The van der Waals surface area contributed by atoms with Crippen molar-refractivity contribution in [3.8, 4) is 0 Å². The van der Waals surface area contributed by atoms with Gasteiger partial charge in [0, 0.05) is 43.9 Å². The number of benzene rings is 1. The Balaban J connectivity index is 1.40. The molecular weight excluding hydrogens is 340 g/mol. The zero-order valence-electron chi connectivity index (χ0n) is 13.7. The molecule has 2 aliphatic heterocycles. The molecule has 1 N–H and O–H groups in total. The first kappa shape index (κ1) is 16.4. The van der Waals surface area contributed by atoms with Gasteiger partial charge in [-0.25, -0.2) is 23.1 Å². The Labute approximate surface area is 147 Å². The van der Waals surface area contributed by atoms with Crippen molar-refractivity contribution < 1.29 is 13.2 Å². The minimum Gasteiger partial charge on any atom is -0.376 e. The molecule has 0 aliphatic carbocycles. The van der Waals surface area contributed by atoms with E-state index in [4.69, 9.17) is 4.74 Å². The number of aromatic nitrogens is 2. The third-order valence-electron chi connectivity index (χ3n) is 4.86. The third-order valence-corrected chi connectivity index (χ3v) is 6.30. The smallest absolute Gasteiger partial charge is 0.240 e. The van der Waals surface area contributed by atoms with Crippen LogP contribution < -0.4 is 9.62 Å². The van der Waals surface area contributed by atoms with E-state index in [1.807, 2.05) is 0 Å². The van der Waals surface area contributed by atoms with Gasteiger partial charge >= 0.3 is 0 Å². The summed E-state index contributed by atoms with van der Waals surface area (Å²) in [5.74, 6) is 1.13. The molecular formula is C17H20N4O3S. The van der Waals surface area contributed by atoms with Crippen LogP contribution in [0.4, 0.5) is 5.95 Å². The van der Waals surface area contributed by atoms with Crippen molar-refractivity contribution in [2.45, 2.75) is 11.0 Å². The molecule has 132 valence electrons. The first-order chi connectivity index (χ1) is 12.1. The molecule has 0 saturated carbocycles. The summed E-state index contributed by atoms with van der Waals surface area (Å²) in [5.41, 5.74) is 0. The van der Waals surface area contributed by atoms with Gasteiger partial charge in [-0.1, -0.05) is 18.2 Å². The van der Waals surface area contributed by atoms with Crippen molar-refractivity contribution in [2.24, 2.45) is 11.8 Å².